The average molecular weight is 394 g/mol. The Balaban J connectivity index is 2.18. The van der Waals surface area contributed by atoms with Gasteiger partial charge in [-0.15, -0.1) is 0 Å². The lowest BCUT2D eigenvalue weighted by Crippen LogP contribution is -2.50. The van der Waals surface area contributed by atoms with Gasteiger partial charge in [0.25, 0.3) is 0 Å². The number of aliphatic hydroxyl groups is 1. The van der Waals surface area contributed by atoms with Gasteiger partial charge in [-0.1, -0.05) is 30.3 Å². The monoisotopic (exact) mass is 394 g/mol. The van der Waals surface area contributed by atoms with Crippen molar-refractivity contribution in [3.05, 3.63) is 35.9 Å². The van der Waals surface area contributed by atoms with Crippen molar-refractivity contribution in [3.8, 4) is 0 Å². The van der Waals surface area contributed by atoms with Crippen molar-refractivity contribution in [1.82, 2.24) is 10.6 Å². The Morgan fingerprint density at radius 1 is 1.11 bits per heavy atom. The number of nitrogens with one attached hydrogen (secondary N) is 2. The molecule has 0 fully saturated rings. The molecule has 0 radical (unpaired) electrons. The first-order valence-electron chi connectivity index (χ1n) is 9.29. The Morgan fingerprint density at radius 2 is 1.79 bits per heavy atom. The van der Waals surface area contributed by atoms with Crippen LogP contribution in [0.4, 0.5) is 4.79 Å². The third-order valence-corrected chi connectivity index (χ3v) is 3.54. The zero-order valence-electron chi connectivity index (χ0n) is 16.7. The van der Waals surface area contributed by atoms with E-state index in [0.29, 0.717) is 19.4 Å². The first-order chi connectivity index (χ1) is 13.2. The van der Waals surface area contributed by atoms with Crippen molar-refractivity contribution in [2.75, 3.05) is 13.2 Å². The van der Waals surface area contributed by atoms with Gasteiger partial charge in [-0.05, 0) is 39.2 Å². The normalized spacial score (nSPS) is 12.0. The third-order valence-electron chi connectivity index (χ3n) is 3.54. The molecule has 0 saturated heterocycles. The van der Waals surface area contributed by atoms with Crippen molar-refractivity contribution >= 4 is 18.0 Å². The number of amides is 2. The van der Waals surface area contributed by atoms with Crippen molar-refractivity contribution in [3.63, 3.8) is 0 Å². The molecule has 0 spiro atoms. The van der Waals surface area contributed by atoms with E-state index in [2.05, 4.69) is 10.6 Å². The van der Waals surface area contributed by atoms with E-state index < -0.39 is 30.3 Å². The molecule has 0 aliphatic carbocycles. The Labute approximate surface area is 165 Å². The van der Waals surface area contributed by atoms with Gasteiger partial charge in [-0.3, -0.25) is 9.59 Å². The summed E-state index contributed by atoms with van der Waals surface area (Å²) < 4.78 is 10.2. The number of benzene rings is 1. The molecule has 1 rings (SSSR count). The molecule has 0 aliphatic heterocycles. The number of alkyl carbamates (subject to hydrolysis) is 1. The van der Waals surface area contributed by atoms with Crippen molar-refractivity contribution in [2.24, 2.45) is 0 Å². The fourth-order valence-corrected chi connectivity index (χ4v) is 2.18. The number of hydrogen-bond donors (Lipinski definition) is 3. The highest BCUT2D eigenvalue weighted by Crippen LogP contribution is 2.07. The van der Waals surface area contributed by atoms with E-state index in [0.717, 1.165) is 5.56 Å². The minimum Gasteiger partial charge on any atom is -0.461 e. The molecule has 1 aromatic carbocycles. The number of hydrogen-bond acceptors (Lipinski definition) is 6. The van der Waals surface area contributed by atoms with Crippen LogP contribution < -0.4 is 10.6 Å². The van der Waals surface area contributed by atoms with E-state index in [1.165, 1.54) is 0 Å². The molecule has 0 bridgehead atoms. The van der Waals surface area contributed by atoms with Crippen LogP contribution in [-0.4, -0.2) is 47.9 Å². The van der Waals surface area contributed by atoms with Crippen LogP contribution in [0.15, 0.2) is 30.3 Å². The van der Waals surface area contributed by atoms with E-state index >= 15 is 0 Å². The predicted molar refractivity (Wildman–Crippen MR) is 103 cm³/mol. The van der Waals surface area contributed by atoms with Crippen LogP contribution in [0.3, 0.4) is 0 Å². The highest BCUT2D eigenvalue weighted by Gasteiger charge is 2.23. The summed E-state index contributed by atoms with van der Waals surface area (Å²) >= 11 is 0. The molecule has 2 amide bonds. The SMILES string of the molecule is CC(C)(C)OC(=O)N[C@@H](CO)C(=O)NCCCCC(=O)OCc1ccccc1. The molecule has 28 heavy (non-hydrogen) atoms. The second kappa shape index (κ2) is 12.0. The number of carbonyl (C=O) groups is 3. The Kier molecular flexibility index (Phi) is 10.0. The molecular formula is C20H30N2O6. The van der Waals surface area contributed by atoms with Crippen LogP contribution in [0.5, 0.6) is 0 Å². The Bertz CT molecular complexity index is 627. The van der Waals surface area contributed by atoms with Gasteiger partial charge in [-0.2, -0.15) is 0 Å². The van der Waals surface area contributed by atoms with Crippen molar-refractivity contribution < 1.29 is 29.0 Å². The Morgan fingerprint density at radius 3 is 2.39 bits per heavy atom. The number of ether oxygens (including phenoxy) is 2. The number of rotatable bonds is 10. The molecule has 1 aromatic rings. The maximum atomic E-state index is 12.0. The fourth-order valence-electron chi connectivity index (χ4n) is 2.18. The summed E-state index contributed by atoms with van der Waals surface area (Å²) in [7, 11) is 0. The molecular weight excluding hydrogens is 364 g/mol. The minimum absolute atomic E-state index is 0.241. The van der Waals surface area contributed by atoms with Gasteiger partial charge in [0.05, 0.1) is 6.61 Å². The molecule has 0 unspecified atom stereocenters. The standard InChI is InChI=1S/C20H30N2O6/c1-20(2,3)28-19(26)22-16(13-23)18(25)21-12-8-7-11-17(24)27-14-15-9-5-4-6-10-15/h4-6,9-10,16,23H,7-8,11-14H2,1-3H3,(H,21,25)(H,22,26)/t16-/m0/s1. The second-order valence-corrected chi connectivity index (χ2v) is 7.28. The largest absolute Gasteiger partial charge is 0.461 e. The van der Waals surface area contributed by atoms with Crippen LogP contribution >= 0.6 is 0 Å². The van der Waals surface area contributed by atoms with Gasteiger partial charge in [0, 0.05) is 13.0 Å². The molecule has 0 aromatic heterocycles. The van der Waals surface area contributed by atoms with Crippen LogP contribution in [0.1, 0.15) is 45.6 Å². The van der Waals surface area contributed by atoms with Gasteiger partial charge >= 0.3 is 12.1 Å². The average Bonchev–Trinajstić information content (AvgIpc) is 2.63. The van der Waals surface area contributed by atoms with Crippen LogP contribution in [-0.2, 0) is 25.7 Å². The zero-order valence-corrected chi connectivity index (χ0v) is 16.7. The lowest BCUT2D eigenvalue weighted by Gasteiger charge is -2.22. The summed E-state index contributed by atoms with van der Waals surface area (Å²) in [6.45, 7) is 5.11. The molecule has 0 saturated carbocycles. The number of carbonyl (C=O) groups excluding carboxylic acids is 3. The summed E-state index contributed by atoms with van der Waals surface area (Å²) in [4.78, 5) is 35.4. The zero-order chi connectivity index (χ0) is 21.0. The van der Waals surface area contributed by atoms with Gasteiger partial charge in [-0.25, -0.2) is 4.79 Å². The van der Waals surface area contributed by atoms with Crippen LogP contribution in [0.25, 0.3) is 0 Å². The van der Waals surface area contributed by atoms with Crippen molar-refractivity contribution in [1.29, 1.82) is 0 Å². The molecule has 0 heterocycles. The number of aliphatic hydroxyl groups excluding tert-OH is 1. The number of esters is 1. The summed E-state index contributed by atoms with van der Waals surface area (Å²) in [5.74, 6) is -0.810. The highest BCUT2D eigenvalue weighted by molar-refractivity contribution is 5.85. The summed E-state index contributed by atoms with van der Waals surface area (Å²) in [5, 5.41) is 14.2. The van der Waals surface area contributed by atoms with E-state index in [1.807, 2.05) is 30.3 Å². The topological polar surface area (TPSA) is 114 Å². The van der Waals surface area contributed by atoms with Crippen LogP contribution in [0, 0.1) is 0 Å². The Hall–Kier alpha value is -2.61. The first kappa shape index (κ1) is 23.4. The quantitative estimate of drug-likeness (QED) is 0.413. The first-order valence-corrected chi connectivity index (χ1v) is 9.29. The summed E-state index contributed by atoms with van der Waals surface area (Å²) in [5.41, 5.74) is 0.228. The highest BCUT2D eigenvalue weighted by atomic mass is 16.6. The molecule has 156 valence electrons. The third kappa shape index (κ3) is 10.5. The van der Waals surface area contributed by atoms with Gasteiger partial charge < -0.3 is 25.2 Å². The fraction of sp³-hybridized carbons (Fsp3) is 0.550. The van der Waals surface area contributed by atoms with E-state index in [4.69, 9.17) is 9.47 Å². The lowest BCUT2D eigenvalue weighted by atomic mass is 10.2. The van der Waals surface area contributed by atoms with E-state index in [-0.39, 0.29) is 19.0 Å². The maximum absolute atomic E-state index is 12.0. The maximum Gasteiger partial charge on any atom is 0.408 e. The van der Waals surface area contributed by atoms with Gasteiger partial charge in [0.15, 0.2) is 0 Å². The number of unbranched alkanes of at least 4 members (excludes halogenated alkanes) is 1. The minimum atomic E-state index is -1.09. The predicted octanol–water partition coefficient (Wildman–Crippen LogP) is 1.90. The molecule has 8 heteroatoms. The molecule has 0 aliphatic rings. The van der Waals surface area contributed by atoms with Crippen LogP contribution in [0.2, 0.25) is 0 Å². The van der Waals surface area contributed by atoms with E-state index in [9.17, 15) is 19.5 Å². The molecule has 1 atom stereocenters. The van der Waals surface area contributed by atoms with Crippen molar-refractivity contribution in [2.45, 2.75) is 58.3 Å². The lowest BCUT2D eigenvalue weighted by molar-refractivity contribution is -0.145. The summed E-state index contributed by atoms with van der Waals surface area (Å²) in [6.07, 6.45) is 0.596. The molecule has 3 N–H and O–H groups in total. The van der Waals surface area contributed by atoms with Gasteiger partial charge in [0.2, 0.25) is 5.91 Å². The van der Waals surface area contributed by atoms with E-state index in [1.54, 1.807) is 20.8 Å². The smallest absolute Gasteiger partial charge is 0.408 e. The second-order valence-electron chi connectivity index (χ2n) is 7.28. The summed E-state index contributed by atoms with van der Waals surface area (Å²) in [6, 6.07) is 8.32. The van der Waals surface area contributed by atoms with Gasteiger partial charge in [0.1, 0.15) is 18.2 Å². The molecule has 8 nitrogen and oxygen atoms in total.